The van der Waals surface area contributed by atoms with Gasteiger partial charge in [-0.05, 0) is 37.1 Å². The van der Waals surface area contributed by atoms with Crippen LogP contribution in [0.4, 0.5) is 0 Å². The van der Waals surface area contributed by atoms with Gasteiger partial charge in [-0.25, -0.2) is 9.67 Å². The Kier molecular flexibility index (Phi) is 3.84. The standard InChI is InChI=1S/C11H12Cl2N4OS/c1-19-10-7-8(12)14-11(13)15-9(7)16-17(10)6-4-2-3-5-18-6/h6H,2-5H2,1H3. The first kappa shape index (κ1) is 13.4. The fourth-order valence-electron chi connectivity index (χ4n) is 2.22. The summed E-state index contributed by atoms with van der Waals surface area (Å²) in [4.78, 5) is 8.11. The Labute approximate surface area is 124 Å². The maximum absolute atomic E-state index is 6.16. The second-order valence-corrected chi connectivity index (χ2v) is 5.75. The van der Waals surface area contributed by atoms with E-state index in [1.54, 1.807) is 11.8 Å². The van der Waals surface area contributed by atoms with Gasteiger partial charge in [-0.2, -0.15) is 4.98 Å². The fraction of sp³-hybridized carbons (Fsp3) is 0.545. The van der Waals surface area contributed by atoms with Crippen molar-refractivity contribution in [3.05, 3.63) is 10.4 Å². The van der Waals surface area contributed by atoms with E-state index in [1.165, 1.54) is 0 Å². The van der Waals surface area contributed by atoms with Gasteiger partial charge >= 0.3 is 0 Å². The molecule has 8 heteroatoms. The van der Waals surface area contributed by atoms with Crippen LogP contribution in [-0.4, -0.2) is 32.6 Å². The van der Waals surface area contributed by atoms with Crippen LogP contribution < -0.4 is 0 Å². The first-order valence-electron chi connectivity index (χ1n) is 5.97. The van der Waals surface area contributed by atoms with Crippen LogP contribution in [0.2, 0.25) is 10.4 Å². The summed E-state index contributed by atoms with van der Waals surface area (Å²) in [5.41, 5.74) is 0.517. The highest BCUT2D eigenvalue weighted by molar-refractivity contribution is 7.98. The van der Waals surface area contributed by atoms with Gasteiger partial charge in [-0.3, -0.25) is 0 Å². The molecule has 0 amide bonds. The van der Waals surface area contributed by atoms with Crippen LogP contribution in [0.15, 0.2) is 5.03 Å². The van der Waals surface area contributed by atoms with Crippen molar-refractivity contribution in [3.63, 3.8) is 0 Å². The first-order valence-corrected chi connectivity index (χ1v) is 7.95. The number of rotatable bonds is 2. The third-order valence-electron chi connectivity index (χ3n) is 3.06. The minimum atomic E-state index is -0.0553. The van der Waals surface area contributed by atoms with Gasteiger partial charge in [0.05, 0.1) is 5.39 Å². The quantitative estimate of drug-likeness (QED) is 0.481. The van der Waals surface area contributed by atoms with Gasteiger partial charge in [0.1, 0.15) is 10.2 Å². The van der Waals surface area contributed by atoms with Crippen molar-refractivity contribution in [2.24, 2.45) is 0 Å². The second-order valence-electron chi connectivity index (χ2n) is 4.26. The number of aromatic nitrogens is 4. The maximum Gasteiger partial charge on any atom is 0.225 e. The number of hydrogen-bond acceptors (Lipinski definition) is 5. The second kappa shape index (κ2) is 5.44. The molecule has 0 spiro atoms. The molecule has 1 aliphatic rings. The molecule has 3 heterocycles. The molecule has 0 radical (unpaired) electrons. The molecule has 1 atom stereocenters. The molecular formula is C11H12Cl2N4OS. The van der Waals surface area contributed by atoms with Gasteiger partial charge in [-0.1, -0.05) is 11.6 Å². The van der Waals surface area contributed by atoms with Gasteiger partial charge < -0.3 is 4.74 Å². The molecule has 0 aromatic carbocycles. The highest BCUT2D eigenvalue weighted by atomic mass is 35.5. The molecule has 0 bridgehead atoms. The van der Waals surface area contributed by atoms with Crippen molar-refractivity contribution in [1.82, 2.24) is 19.7 Å². The first-order chi connectivity index (χ1) is 9.20. The molecular weight excluding hydrogens is 307 g/mol. The molecule has 0 aliphatic carbocycles. The van der Waals surface area contributed by atoms with E-state index in [1.807, 2.05) is 10.9 Å². The lowest BCUT2D eigenvalue weighted by Crippen LogP contribution is -2.19. The van der Waals surface area contributed by atoms with Crippen molar-refractivity contribution < 1.29 is 4.74 Å². The Bertz CT molecular complexity index is 612. The van der Waals surface area contributed by atoms with Crippen LogP contribution in [0.25, 0.3) is 11.0 Å². The van der Waals surface area contributed by atoms with Gasteiger partial charge in [0, 0.05) is 6.61 Å². The smallest absolute Gasteiger partial charge is 0.225 e. The van der Waals surface area contributed by atoms with E-state index in [-0.39, 0.29) is 11.5 Å². The Morgan fingerprint density at radius 2 is 2.16 bits per heavy atom. The van der Waals surface area contributed by atoms with Crippen LogP contribution in [0, 0.1) is 0 Å². The molecule has 1 saturated heterocycles. The van der Waals surface area contributed by atoms with E-state index in [2.05, 4.69) is 15.1 Å². The topological polar surface area (TPSA) is 52.8 Å². The van der Waals surface area contributed by atoms with Gasteiger partial charge in [0.25, 0.3) is 0 Å². The molecule has 0 N–H and O–H groups in total. The summed E-state index contributed by atoms with van der Waals surface area (Å²) in [5.74, 6) is 0. The van der Waals surface area contributed by atoms with Crippen LogP contribution in [0.5, 0.6) is 0 Å². The molecule has 1 fully saturated rings. The van der Waals surface area contributed by atoms with Crippen LogP contribution in [0.1, 0.15) is 25.5 Å². The summed E-state index contributed by atoms with van der Waals surface area (Å²) in [7, 11) is 0. The minimum Gasteiger partial charge on any atom is -0.356 e. The Balaban J connectivity index is 2.16. The van der Waals surface area contributed by atoms with E-state index >= 15 is 0 Å². The lowest BCUT2D eigenvalue weighted by Gasteiger charge is -2.23. The van der Waals surface area contributed by atoms with Gasteiger partial charge in [-0.15, -0.1) is 16.9 Å². The van der Waals surface area contributed by atoms with Crippen LogP contribution in [-0.2, 0) is 4.74 Å². The lowest BCUT2D eigenvalue weighted by atomic mass is 10.2. The SMILES string of the molecule is CSc1c2c(Cl)nc(Cl)nc2nn1C1CCCCO1. The Morgan fingerprint density at radius 3 is 2.84 bits per heavy atom. The molecule has 19 heavy (non-hydrogen) atoms. The van der Waals surface area contributed by atoms with Crippen molar-refractivity contribution in [2.75, 3.05) is 12.9 Å². The largest absolute Gasteiger partial charge is 0.356 e. The predicted octanol–water partition coefficient (Wildman–Crippen LogP) is 3.55. The number of fused-ring (bicyclic) bond motifs is 1. The lowest BCUT2D eigenvalue weighted by molar-refractivity contribution is -0.0441. The summed E-state index contributed by atoms with van der Waals surface area (Å²) in [6, 6.07) is 0. The highest BCUT2D eigenvalue weighted by Gasteiger charge is 2.24. The van der Waals surface area contributed by atoms with Gasteiger partial charge in [0.15, 0.2) is 11.9 Å². The molecule has 2 aromatic heterocycles. The average molecular weight is 319 g/mol. The summed E-state index contributed by atoms with van der Waals surface area (Å²) >= 11 is 13.5. The summed E-state index contributed by atoms with van der Waals surface area (Å²) < 4.78 is 7.62. The highest BCUT2D eigenvalue weighted by Crippen LogP contribution is 2.35. The van der Waals surface area contributed by atoms with Crippen LogP contribution in [0.3, 0.4) is 0 Å². The monoisotopic (exact) mass is 318 g/mol. The number of thioether (sulfide) groups is 1. The molecule has 0 saturated carbocycles. The zero-order valence-electron chi connectivity index (χ0n) is 10.3. The number of nitrogens with zero attached hydrogens (tertiary/aromatic N) is 4. The zero-order valence-corrected chi connectivity index (χ0v) is 12.6. The third kappa shape index (κ3) is 2.42. The zero-order chi connectivity index (χ0) is 13.4. The molecule has 5 nitrogen and oxygen atoms in total. The van der Waals surface area contributed by atoms with Gasteiger partial charge in [0.2, 0.25) is 5.28 Å². The van der Waals surface area contributed by atoms with Crippen molar-refractivity contribution in [2.45, 2.75) is 30.5 Å². The van der Waals surface area contributed by atoms with E-state index in [0.717, 1.165) is 36.3 Å². The summed E-state index contributed by atoms with van der Waals surface area (Å²) in [6.45, 7) is 0.759. The van der Waals surface area contributed by atoms with Crippen molar-refractivity contribution in [1.29, 1.82) is 0 Å². The Morgan fingerprint density at radius 1 is 1.32 bits per heavy atom. The van der Waals surface area contributed by atoms with E-state index in [0.29, 0.717) is 10.8 Å². The number of hydrogen-bond donors (Lipinski definition) is 0. The van der Waals surface area contributed by atoms with E-state index in [4.69, 9.17) is 27.9 Å². The van der Waals surface area contributed by atoms with Crippen molar-refractivity contribution in [3.8, 4) is 0 Å². The number of ether oxygens (including phenoxy) is 1. The minimum absolute atomic E-state index is 0.0553. The van der Waals surface area contributed by atoms with Crippen molar-refractivity contribution >= 4 is 46.0 Å². The molecule has 2 aromatic rings. The van der Waals surface area contributed by atoms with E-state index < -0.39 is 0 Å². The maximum atomic E-state index is 6.16. The molecule has 3 rings (SSSR count). The molecule has 102 valence electrons. The number of halogens is 2. The summed E-state index contributed by atoms with van der Waals surface area (Å²) in [5, 5.41) is 6.59. The fourth-order valence-corrected chi connectivity index (χ4v) is 3.48. The average Bonchev–Trinajstić information content (AvgIpc) is 2.78. The summed E-state index contributed by atoms with van der Waals surface area (Å²) in [6.07, 6.45) is 5.09. The molecule has 1 aliphatic heterocycles. The van der Waals surface area contributed by atoms with Crippen LogP contribution >= 0.6 is 35.0 Å². The third-order valence-corrected chi connectivity index (χ3v) is 4.29. The van der Waals surface area contributed by atoms with E-state index in [9.17, 15) is 0 Å². The normalized spacial score (nSPS) is 20.1. The molecule has 1 unspecified atom stereocenters. The Hall–Kier alpha value is -0.560. The predicted molar refractivity (Wildman–Crippen MR) is 76.0 cm³/mol.